The molecule has 0 unspecified atom stereocenters. The Morgan fingerprint density at radius 3 is 2.62 bits per heavy atom. The number of nitrogens with one attached hydrogen (secondary N) is 1. The Morgan fingerprint density at radius 1 is 1.08 bits per heavy atom. The molecule has 1 amide bonds. The van der Waals surface area contributed by atoms with E-state index in [1.807, 2.05) is 0 Å². The van der Waals surface area contributed by atoms with E-state index in [1.165, 1.54) is 18.2 Å². The molecule has 0 saturated carbocycles. The highest BCUT2D eigenvalue weighted by Gasteiger charge is 2.24. The van der Waals surface area contributed by atoms with Crippen LogP contribution in [0.3, 0.4) is 0 Å². The van der Waals surface area contributed by atoms with Crippen molar-refractivity contribution in [2.75, 3.05) is 6.54 Å². The summed E-state index contributed by atoms with van der Waals surface area (Å²) in [6.45, 7) is 1.10. The monoisotopic (exact) mass is 326 g/mol. The van der Waals surface area contributed by atoms with Crippen LogP contribution in [-0.4, -0.2) is 22.3 Å². The topological polar surface area (TPSA) is 36.1 Å². The molecule has 1 N–H and O–H groups in total. The third-order valence-electron chi connectivity index (χ3n) is 4.56. The Hall–Kier alpha value is -2.69. The molecule has 0 saturated heterocycles. The Labute approximate surface area is 137 Å². The molecular formula is C19H16F2N2O. The van der Waals surface area contributed by atoms with Crippen molar-refractivity contribution in [3.05, 3.63) is 70.9 Å². The zero-order chi connectivity index (χ0) is 16.7. The van der Waals surface area contributed by atoms with Crippen molar-refractivity contribution < 1.29 is 13.6 Å². The van der Waals surface area contributed by atoms with Gasteiger partial charge in [-0.15, -0.1) is 0 Å². The number of carbonyl (C=O) groups excluding carboxylic acids is 1. The molecule has 1 aliphatic heterocycles. The quantitative estimate of drug-likeness (QED) is 0.768. The second-order valence-electron chi connectivity index (χ2n) is 6.14. The lowest BCUT2D eigenvalue weighted by Crippen LogP contribution is -2.36. The van der Waals surface area contributed by atoms with Crippen molar-refractivity contribution >= 4 is 16.8 Å². The fraction of sp³-hybridized carbons (Fsp3) is 0.211. The van der Waals surface area contributed by atoms with Crippen LogP contribution in [-0.2, 0) is 24.2 Å². The molecule has 2 heterocycles. The second kappa shape index (κ2) is 5.74. The van der Waals surface area contributed by atoms with Gasteiger partial charge in [0.1, 0.15) is 11.6 Å². The van der Waals surface area contributed by atoms with Crippen molar-refractivity contribution in [3.63, 3.8) is 0 Å². The van der Waals surface area contributed by atoms with E-state index < -0.39 is 0 Å². The molecule has 24 heavy (non-hydrogen) atoms. The number of nitrogens with zero attached hydrogens (tertiary/aromatic N) is 1. The minimum absolute atomic E-state index is 0.0112. The van der Waals surface area contributed by atoms with Crippen LogP contribution >= 0.6 is 0 Å². The van der Waals surface area contributed by atoms with Crippen molar-refractivity contribution in [2.24, 2.45) is 0 Å². The average Bonchev–Trinajstić information content (AvgIpc) is 2.94. The van der Waals surface area contributed by atoms with E-state index in [-0.39, 0.29) is 24.0 Å². The van der Waals surface area contributed by atoms with Crippen molar-refractivity contribution in [1.82, 2.24) is 9.88 Å². The van der Waals surface area contributed by atoms with Crippen molar-refractivity contribution in [1.29, 1.82) is 0 Å². The highest BCUT2D eigenvalue weighted by molar-refractivity contribution is 5.86. The number of aromatic amines is 1. The molecule has 0 spiro atoms. The summed E-state index contributed by atoms with van der Waals surface area (Å²) in [5, 5.41) is 0.899. The number of aromatic nitrogens is 1. The van der Waals surface area contributed by atoms with Gasteiger partial charge < -0.3 is 9.88 Å². The molecule has 3 aromatic rings. The first-order chi connectivity index (χ1) is 11.6. The zero-order valence-electron chi connectivity index (χ0n) is 13.0. The Kier molecular flexibility index (Phi) is 3.56. The number of benzene rings is 2. The van der Waals surface area contributed by atoms with E-state index in [4.69, 9.17) is 0 Å². The lowest BCUT2D eigenvalue weighted by molar-refractivity contribution is -0.131. The van der Waals surface area contributed by atoms with Gasteiger partial charge in [0.25, 0.3) is 0 Å². The maximum atomic E-state index is 13.5. The molecule has 0 fully saturated rings. The van der Waals surface area contributed by atoms with E-state index in [2.05, 4.69) is 4.98 Å². The normalized spacial score (nSPS) is 14.0. The molecule has 0 bridgehead atoms. The van der Waals surface area contributed by atoms with Crippen molar-refractivity contribution in [2.45, 2.75) is 19.4 Å². The van der Waals surface area contributed by atoms with Crippen LogP contribution in [0.1, 0.15) is 16.8 Å². The van der Waals surface area contributed by atoms with Gasteiger partial charge in [0.15, 0.2) is 0 Å². The number of fused-ring (bicyclic) bond motifs is 3. The minimum Gasteiger partial charge on any atom is -0.357 e. The van der Waals surface area contributed by atoms with Gasteiger partial charge in [0.05, 0.1) is 13.0 Å². The fourth-order valence-corrected chi connectivity index (χ4v) is 3.31. The number of hydrogen-bond donors (Lipinski definition) is 1. The average molecular weight is 326 g/mol. The molecule has 122 valence electrons. The van der Waals surface area contributed by atoms with Crippen LogP contribution < -0.4 is 0 Å². The van der Waals surface area contributed by atoms with E-state index in [9.17, 15) is 13.6 Å². The first kappa shape index (κ1) is 14.9. The SMILES string of the molecule is O=C(Cc1ccc(F)cc1)N1CCc2c([nH]c3ccc(F)cc23)C1. The highest BCUT2D eigenvalue weighted by atomic mass is 19.1. The summed E-state index contributed by atoms with van der Waals surface area (Å²) in [4.78, 5) is 17.6. The molecule has 4 rings (SSSR count). The predicted octanol–water partition coefficient (Wildman–Crippen LogP) is 3.57. The van der Waals surface area contributed by atoms with E-state index in [0.717, 1.165) is 27.7 Å². The van der Waals surface area contributed by atoms with Crippen LogP contribution in [0.5, 0.6) is 0 Å². The van der Waals surface area contributed by atoms with Crippen molar-refractivity contribution in [3.8, 4) is 0 Å². The molecule has 0 atom stereocenters. The molecule has 1 aliphatic rings. The number of amides is 1. The summed E-state index contributed by atoms with van der Waals surface area (Å²) in [6.07, 6.45) is 0.957. The number of rotatable bonds is 2. The summed E-state index contributed by atoms with van der Waals surface area (Å²) in [7, 11) is 0. The first-order valence-corrected chi connectivity index (χ1v) is 7.91. The molecule has 3 nitrogen and oxygen atoms in total. The highest BCUT2D eigenvalue weighted by Crippen LogP contribution is 2.28. The standard InChI is InChI=1S/C19H16F2N2O/c20-13-3-1-12(2-4-13)9-19(24)23-8-7-15-16-10-14(21)5-6-17(16)22-18(15)11-23/h1-6,10,22H,7-9,11H2. The lowest BCUT2D eigenvalue weighted by atomic mass is 10.0. The maximum absolute atomic E-state index is 13.5. The molecule has 2 aromatic carbocycles. The third kappa shape index (κ3) is 2.66. The number of hydrogen-bond acceptors (Lipinski definition) is 1. The molecule has 5 heteroatoms. The van der Waals surface area contributed by atoms with Gasteiger partial charge >= 0.3 is 0 Å². The van der Waals surface area contributed by atoms with E-state index >= 15 is 0 Å². The Bertz CT molecular complexity index is 915. The van der Waals surface area contributed by atoms with Crippen LogP contribution in [0, 0.1) is 11.6 Å². The fourth-order valence-electron chi connectivity index (χ4n) is 3.31. The van der Waals surface area contributed by atoms with Gasteiger partial charge in [0.2, 0.25) is 5.91 Å². The van der Waals surface area contributed by atoms with E-state index in [1.54, 1.807) is 29.2 Å². The maximum Gasteiger partial charge on any atom is 0.227 e. The number of halogens is 2. The van der Waals surface area contributed by atoms with Crippen LogP contribution in [0.2, 0.25) is 0 Å². The summed E-state index contributed by atoms with van der Waals surface area (Å²) in [5.41, 5.74) is 3.75. The first-order valence-electron chi connectivity index (χ1n) is 7.91. The van der Waals surface area contributed by atoms with Crippen LogP contribution in [0.4, 0.5) is 8.78 Å². The van der Waals surface area contributed by atoms with Gasteiger partial charge in [-0.25, -0.2) is 8.78 Å². The molecule has 0 aliphatic carbocycles. The van der Waals surface area contributed by atoms with Gasteiger partial charge in [-0.3, -0.25) is 4.79 Å². The van der Waals surface area contributed by atoms with Gasteiger partial charge in [-0.1, -0.05) is 12.1 Å². The summed E-state index contributed by atoms with van der Waals surface area (Å²) in [5.74, 6) is -0.546. The number of carbonyl (C=O) groups is 1. The van der Waals surface area contributed by atoms with Gasteiger partial charge in [-0.05, 0) is 47.9 Å². The summed E-state index contributed by atoms with van der Waals surface area (Å²) < 4.78 is 26.4. The largest absolute Gasteiger partial charge is 0.357 e. The summed E-state index contributed by atoms with van der Waals surface area (Å²) in [6, 6.07) is 10.7. The Morgan fingerprint density at radius 2 is 1.83 bits per heavy atom. The lowest BCUT2D eigenvalue weighted by Gasteiger charge is -2.27. The molecule has 1 aromatic heterocycles. The minimum atomic E-state index is -0.306. The second-order valence-corrected chi connectivity index (χ2v) is 6.14. The van der Waals surface area contributed by atoms with Gasteiger partial charge in [-0.2, -0.15) is 0 Å². The third-order valence-corrected chi connectivity index (χ3v) is 4.56. The Balaban J connectivity index is 1.54. The molecule has 0 radical (unpaired) electrons. The zero-order valence-corrected chi connectivity index (χ0v) is 13.0. The smallest absolute Gasteiger partial charge is 0.227 e. The van der Waals surface area contributed by atoms with Gasteiger partial charge in [0, 0.05) is 23.1 Å². The van der Waals surface area contributed by atoms with Crippen LogP contribution in [0.15, 0.2) is 42.5 Å². The summed E-state index contributed by atoms with van der Waals surface area (Å²) >= 11 is 0. The number of H-pyrrole nitrogens is 1. The van der Waals surface area contributed by atoms with E-state index in [0.29, 0.717) is 19.5 Å². The predicted molar refractivity (Wildman–Crippen MR) is 87.5 cm³/mol. The molecular weight excluding hydrogens is 310 g/mol. The van der Waals surface area contributed by atoms with Crippen LogP contribution in [0.25, 0.3) is 10.9 Å².